The molecule has 2 rings (SSSR count). The number of carbonyl (C=O) groups is 1. The summed E-state index contributed by atoms with van der Waals surface area (Å²) in [5, 5.41) is 0.642. The Morgan fingerprint density at radius 1 is 1.50 bits per heavy atom. The lowest BCUT2D eigenvalue weighted by molar-refractivity contribution is -0.126. The number of carbonyl (C=O) groups excluding carboxylic acids is 1. The van der Waals surface area contributed by atoms with Crippen LogP contribution in [0.2, 0.25) is 5.02 Å². The summed E-state index contributed by atoms with van der Waals surface area (Å²) < 4.78 is 0. The van der Waals surface area contributed by atoms with Crippen LogP contribution in [0.5, 0.6) is 0 Å². The molecule has 20 heavy (non-hydrogen) atoms. The van der Waals surface area contributed by atoms with Crippen molar-refractivity contribution in [2.75, 3.05) is 13.1 Å². The predicted molar refractivity (Wildman–Crippen MR) is 84.5 cm³/mol. The number of nitrogens with two attached hydrogens (primary N) is 2. The third kappa shape index (κ3) is 3.11. The molecule has 108 valence electrons. The number of halogens is 1. The lowest BCUT2D eigenvalue weighted by Crippen LogP contribution is -2.36. The van der Waals surface area contributed by atoms with Crippen molar-refractivity contribution in [3.05, 3.63) is 34.3 Å². The molecule has 1 unspecified atom stereocenters. The Hall–Kier alpha value is -1.17. The number of hydrogen-bond acceptors (Lipinski definition) is 3. The van der Waals surface area contributed by atoms with Gasteiger partial charge >= 0.3 is 0 Å². The highest BCUT2D eigenvalue weighted by Gasteiger charge is 2.38. The SMILES string of the molecule is CC1(C(N)=O)CCN(Cc2ccc(C(N)=S)cc2Cl)C1. The van der Waals surface area contributed by atoms with Gasteiger partial charge in [-0.25, -0.2) is 0 Å². The fourth-order valence-corrected chi connectivity index (χ4v) is 2.83. The zero-order chi connectivity index (χ0) is 14.9. The van der Waals surface area contributed by atoms with E-state index in [1.54, 1.807) is 6.07 Å². The first-order chi connectivity index (χ1) is 9.32. The van der Waals surface area contributed by atoms with Crippen molar-refractivity contribution in [1.82, 2.24) is 4.90 Å². The third-order valence-electron chi connectivity index (χ3n) is 3.88. The average molecular weight is 312 g/mol. The molecule has 1 aromatic rings. The lowest BCUT2D eigenvalue weighted by atomic mass is 9.89. The van der Waals surface area contributed by atoms with E-state index in [9.17, 15) is 4.79 Å². The molecule has 1 fully saturated rings. The van der Waals surface area contributed by atoms with E-state index in [0.29, 0.717) is 23.1 Å². The van der Waals surface area contributed by atoms with Crippen molar-refractivity contribution in [2.24, 2.45) is 16.9 Å². The van der Waals surface area contributed by atoms with E-state index in [1.807, 2.05) is 19.1 Å². The quantitative estimate of drug-likeness (QED) is 0.830. The molecule has 0 spiro atoms. The molecule has 0 radical (unpaired) electrons. The molecule has 0 aromatic heterocycles. The molecule has 0 bridgehead atoms. The molecule has 1 amide bonds. The molecular weight excluding hydrogens is 294 g/mol. The smallest absolute Gasteiger partial charge is 0.224 e. The third-order valence-corrected chi connectivity index (χ3v) is 4.47. The fourth-order valence-electron chi connectivity index (χ4n) is 2.46. The second-order valence-corrected chi connectivity index (χ2v) is 6.40. The normalized spacial score (nSPS) is 22.9. The predicted octanol–water partition coefficient (Wildman–Crippen LogP) is 1.67. The molecule has 4 N–H and O–H groups in total. The number of rotatable bonds is 4. The molecule has 6 heteroatoms. The molecule has 1 heterocycles. The Morgan fingerprint density at radius 2 is 2.20 bits per heavy atom. The van der Waals surface area contributed by atoms with Gasteiger partial charge in [-0.15, -0.1) is 0 Å². The van der Waals surface area contributed by atoms with E-state index in [0.717, 1.165) is 24.1 Å². The van der Waals surface area contributed by atoms with Gasteiger partial charge in [0.1, 0.15) is 4.99 Å². The van der Waals surface area contributed by atoms with Crippen LogP contribution in [0.3, 0.4) is 0 Å². The van der Waals surface area contributed by atoms with Crippen LogP contribution < -0.4 is 11.5 Å². The Kier molecular flexibility index (Phi) is 4.32. The molecule has 0 saturated carbocycles. The van der Waals surface area contributed by atoms with Gasteiger partial charge in [-0.1, -0.05) is 36.0 Å². The van der Waals surface area contributed by atoms with E-state index >= 15 is 0 Å². The second kappa shape index (κ2) is 5.68. The summed E-state index contributed by atoms with van der Waals surface area (Å²) in [6.45, 7) is 4.11. The molecule has 1 aromatic carbocycles. The van der Waals surface area contributed by atoms with Crippen molar-refractivity contribution in [3.8, 4) is 0 Å². The van der Waals surface area contributed by atoms with Gasteiger partial charge in [0, 0.05) is 23.7 Å². The van der Waals surface area contributed by atoms with Crippen LogP contribution in [0, 0.1) is 5.41 Å². The Bertz CT molecular complexity index is 563. The zero-order valence-electron chi connectivity index (χ0n) is 11.4. The highest BCUT2D eigenvalue weighted by atomic mass is 35.5. The minimum Gasteiger partial charge on any atom is -0.389 e. The lowest BCUT2D eigenvalue weighted by Gasteiger charge is -2.21. The van der Waals surface area contributed by atoms with Gasteiger partial charge in [0.15, 0.2) is 0 Å². The highest BCUT2D eigenvalue weighted by molar-refractivity contribution is 7.80. The van der Waals surface area contributed by atoms with Gasteiger partial charge in [0.25, 0.3) is 0 Å². The van der Waals surface area contributed by atoms with Gasteiger partial charge < -0.3 is 11.5 Å². The van der Waals surface area contributed by atoms with Crippen LogP contribution in [-0.4, -0.2) is 28.9 Å². The summed E-state index contributed by atoms with van der Waals surface area (Å²) >= 11 is 11.2. The number of primary amides is 1. The minimum absolute atomic E-state index is 0.241. The van der Waals surface area contributed by atoms with Crippen molar-refractivity contribution < 1.29 is 4.79 Å². The maximum Gasteiger partial charge on any atom is 0.224 e. The summed E-state index contributed by atoms with van der Waals surface area (Å²) in [6, 6.07) is 5.58. The Balaban J connectivity index is 2.09. The van der Waals surface area contributed by atoms with Crippen LogP contribution in [0.15, 0.2) is 18.2 Å². The van der Waals surface area contributed by atoms with Gasteiger partial charge in [0.05, 0.1) is 5.41 Å². The first-order valence-corrected chi connectivity index (χ1v) is 7.21. The largest absolute Gasteiger partial charge is 0.389 e. The minimum atomic E-state index is -0.439. The average Bonchev–Trinajstić information content (AvgIpc) is 2.75. The van der Waals surface area contributed by atoms with E-state index in [-0.39, 0.29) is 5.91 Å². The zero-order valence-corrected chi connectivity index (χ0v) is 12.9. The van der Waals surface area contributed by atoms with Crippen molar-refractivity contribution in [2.45, 2.75) is 19.9 Å². The van der Waals surface area contributed by atoms with Gasteiger partial charge in [0.2, 0.25) is 5.91 Å². The van der Waals surface area contributed by atoms with Gasteiger partial charge in [-0.2, -0.15) is 0 Å². The summed E-state index contributed by atoms with van der Waals surface area (Å²) in [6.07, 6.45) is 0.783. The Morgan fingerprint density at radius 3 is 2.70 bits per heavy atom. The molecule has 1 aliphatic rings. The summed E-state index contributed by atoms with van der Waals surface area (Å²) in [5.74, 6) is -0.241. The molecule has 1 atom stereocenters. The number of nitrogens with zero attached hydrogens (tertiary/aromatic N) is 1. The summed E-state index contributed by atoms with van der Waals surface area (Å²) in [4.78, 5) is 14.0. The van der Waals surface area contributed by atoms with Crippen LogP contribution in [-0.2, 0) is 11.3 Å². The number of hydrogen-bond donors (Lipinski definition) is 2. The van der Waals surface area contributed by atoms with Crippen molar-refractivity contribution in [1.29, 1.82) is 0 Å². The molecule has 1 saturated heterocycles. The van der Waals surface area contributed by atoms with Crippen LogP contribution in [0.4, 0.5) is 0 Å². The Labute approximate surface area is 129 Å². The van der Waals surface area contributed by atoms with Crippen molar-refractivity contribution >= 4 is 34.7 Å². The number of amides is 1. The fraction of sp³-hybridized carbons (Fsp3) is 0.429. The number of thiocarbonyl (C=S) groups is 1. The first-order valence-electron chi connectivity index (χ1n) is 6.42. The first kappa shape index (κ1) is 15.2. The van der Waals surface area contributed by atoms with E-state index in [1.165, 1.54) is 0 Å². The van der Waals surface area contributed by atoms with Crippen LogP contribution in [0.1, 0.15) is 24.5 Å². The van der Waals surface area contributed by atoms with E-state index in [2.05, 4.69) is 4.90 Å². The molecule has 1 aliphatic heterocycles. The number of benzene rings is 1. The number of likely N-dealkylation sites (tertiary alicyclic amines) is 1. The molecular formula is C14H18ClN3OS. The monoisotopic (exact) mass is 311 g/mol. The summed E-state index contributed by atoms with van der Waals surface area (Å²) in [5.41, 5.74) is 12.3. The van der Waals surface area contributed by atoms with Crippen LogP contribution in [0.25, 0.3) is 0 Å². The topological polar surface area (TPSA) is 72.4 Å². The van der Waals surface area contributed by atoms with Crippen molar-refractivity contribution in [3.63, 3.8) is 0 Å². The second-order valence-electron chi connectivity index (χ2n) is 5.56. The van der Waals surface area contributed by atoms with Crippen LogP contribution >= 0.6 is 23.8 Å². The van der Waals surface area contributed by atoms with E-state index in [4.69, 9.17) is 35.3 Å². The summed E-state index contributed by atoms with van der Waals surface area (Å²) in [7, 11) is 0. The standard InChI is InChI=1S/C14H18ClN3OS/c1-14(13(17)19)4-5-18(8-14)7-10-3-2-9(12(16)20)6-11(10)15/h2-3,6H,4-5,7-8H2,1H3,(H2,16,20)(H2,17,19). The molecule has 0 aliphatic carbocycles. The maximum atomic E-state index is 11.4. The van der Waals surface area contributed by atoms with Gasteiger partial charge in [-0.3, -0.25) is 9.69 Å². The molecule has 4 nitrogen and oxygen atoms in total. The highest BCUT2D eigenvalue weighted by Crippen LogP contribution is 2.31. The maximum absolute atomic E-state index is 11.4. The van der Waals surface area contributed by atoms with E-state index < -0.39 is 5.41 Å². The van der Waals surface area contributed by atoms with Gasteiger partial charge in [-0.05, 0) is 31.5 Å².